The van der Waals surface area contributed by atoms with Gasteiger partial charge in [-0.05, 0) is 98.6 Å². The average Bonchev–Trinajstić information content (AvgIpc) is 1.72. The van der Waals surface area contributed by atoms with Crippen molar-refractivity contribution in [2.45, 2.75) is 203 Å². The molecule has 43 heteroatoms. The molecule has 1 aliphatic rings. The highest BCUT2D eigenvalue weighted by Crippen LogP contribution is 2.24. The second-order valence-electron chi connectivity index (χ2n) is 25.9. The molecule has 0 saturated carbocycles. The Labute approximate surface area is 623 Å². The zero-order chi connectivity index (χ0) is 82.2. The van der Waals surface area contributed by atoms with Gasteiger partial charge in [0, 0.05) is 51.5 Å². The first-order valence-electron chi connectivity index (χ1n) is 34.2. The Bertz CT molecular complexity index is 3750. The van der Waals surface area contributed by atoms with Crippen LogP contribution in [0.15, 0.2) is 48.5 Å². The summed E-state index contributed by atoms with van der Waals surface area (Å²) in [6, 6.07) is -10.2. The maximum Gasteiger partial charge on any atom is 0.446 e. The molecule has 0 radical (unpaired) electrons. The van der Waals surface area contributed by atoms with Gasteiger partial charge in [-0.15, -0.1) is 0 Å². The van der Waals surface area contributed by atoms with Crippen molar-refractivity contribution >= 4 is 117 Å². The van der Waals surface area contributed by atoms with E-state index in [0.717, 1.165) is 17.0 Å². The topological polar surface area (TPSA) is 688 Å². The number of primary amides is 1. The number of carboxylic acids is 6. The lowest BCUT2D eigenvalue weighted by molar-refractivity contribution is -0.144. The minimum absolute atomic E-state index is 0.0718. The molecule has 1 fully saturated rings. The Morgan fingerprint density at radius 1 is 0.495 bits per heavy atom. The lowest BCUT2D eigenvalue weighted by atomic mass is 9.96. The van der Waals surface area contributed by atoms with Gasteiger partial charge in [0.05, 0.1) is 13.0 Å². The van der Waals surface area contributed by atoms with Crippen molar-refractivity contribution in [2.75, 3.05) is 13.1 Å². The minimum Gasteiger partial charge on any atom is -0.508 e. The maximum atomic E-state index is 14.9. The van der Waals surface area contributed by atoms with Gasteiger partial charge in [-0.3, -0.25) is 86.1 Å². The molecule has 1 saturated heterocycles. The van der Waals surface area contributed by atoms with Crippen LogP contribution in [0.1, 0.15) is 135 Å². The summed E-state index contributed by atoms with van der Waals surface area (Å²) in [5.74, 6) is -25.0. The molecule has 22 N–H and O–H groups in total. The predicted octanol–water partition coefficient (Wildman–Crippen LogP) is -4.47. The summed E-state index contributed by atoms with van der Waals surface area (Å²) in [4.78, 5) is 240. The molecule has 602 valence electrons. The van der Waals surface area contributed by atoms with Crippen LogP contribution in [-0.4, -0.2) is 240 Å². The van der Waals surface area contributed by atoms with Crippen LogP contribution in [0.3, 0.4) is 0 Å². The monoisotopic (exact) mass is 1560 g/mol. The molecule has 0 bridgehead atoms. The number of carboxylic acid groups (broad SMARTS) is 6. The second kappa shape index (κ2) is 44.5. The highest BCUT2D eigenvalue weighted by molar-refractivity contribution is 7.81. The van der Waals surface area contributed by atoms with E-state index in [2.05, 4.69) is 57.4 Å². The number of benzene rings is 2. The van der Waals surface area contributed by atoms with E-state index in [1.54, 1.807) is 20.8 Å². The largest absolute Gasteiger partial charge is 0.508 e. The van der Waals surface area contributed by atoms with Crippen LogP contribution in [0.25, 0.3) is 0 Å². The lowest BCUT2D eigenvalue weighted by Crippen LogP contribution is -2.61. The van der Waals surface area contributed by atoms with E-state index in [0.29, 0.717) is 0 Å². The standard InChI is InChI=1S/C66H93N13O29S/c1-5-33(4)55(78-59(96)41(20-25-53(89)90)71-56(93)38(17-22-50(83)84)72-61(98)44(28-34-8-12-36(80)13-9-34)77-63(100)46(30-54(91)92)69-49(82)31-67)65(102)79-26-6-7-47(79)64(101)73-40(19-24-52(87)88)57(94)70-39(18-23-51(85)86)58(95)76-45(29-35-10-14-37(15-11-35)108-109(105,106)107)62(99)75-43(27-32(2)3)60(97)74-42(66(103)104)16-21-48(68)81/h8-15,32-33,38-47,55,80H,5-7,16-31,67H2,1-4H3,(H2,68,81)(H,69,82)(H,70,94)(H,71,93)(H,72,98)(H,73,101)(H,74,97)(H,75,99)(H,76,95)(H,77,100)(H,78,96)(H,83,84)(H,85,86)(H,87,88)(H,89,90)(H,91,92)(H,103,104)(H,105,106,107)/t33-,38-,39-,40-,41-,42-,43-,44-,45-,46-,47-,55-/m0/s1. The normalized spacial score (nSPS) is 15.6. The number of hydrogen-bond acceptors (Lipinski definition) is 23. The third-order valence-corrected chi connectivity index (χ3v) is 17.2. The summed E-state index contributed by atoms with van der Waals surface area (Å²) in [5, 5.41) is 91.3. The molecule has 12 amide bonds. The number of aromatic hydroxyl groups is 1. The first kappa shape index (κ1) is 91.6. The van der Waals surface area contributed by atoms with Crippen LogP contribution in [0.4, 0.5) is 0 Å². The van der Waals surface area contributed by atoms with Crippen molar-refractivity contribution in [1.29, 1.82) is 0 Å². The molecule has 42 nitrogen and oxygen atoms in total. The highest BCUT2D eigenvalue weighted by Gasteiger charge is 2.43. The van der Waals surface area contributed by atoms with Crippen molar-refractivity contribution in [3.05, 3.63) is 59.7 Å². The van der Waals surface area contributed by atoms with Crippen LogP contribution in [0.5, 0.6) is 11.5 Å². The first-order valence-corrected chi connectivity index (χ1v) is 35.5. The number of rotatable bonds is 49. The van der Waals surface area contributed by atoms with Gasteiger partial charge in [-0.2, -0.15) is 8.42 Å². The molecule has 1 aliphatic heterocycles. The summed E-state index contributed by atoms with van der Waals surface area (Å²) >= 11 is 0. The molecule has 1 heterocycles. The summed E-state index contributed by atoms with van der Waals surface area (Å²) in [6.45, 7) is 5.41. The van der Waals surface area contributed by atoms with Crippen LogP contribution in [0, 0.1) is 11.8 Å². The fourth-order valence-corrected chi connectivity index (χ4v) is 11.3. The number of phenols is 1. The number of amides is 12. The first-order chi connectivity index (χ1) is 51.0. The molecule has 0 unspecified atom stereocenters. The molecular weight excluding hydrogens is 1470 g/mol. The van der Waals surface area contributed by atoms with Crippen molar-refractivity contribution in [2.24, 2.45) is 23.3 Å². The van der Waals surface area contributed by atoms with Crippen molar-refractivity contribution in [3.63, 3.8) is 0 Å². The average molecular weight is 1560 g/mol. The third-order valence-electron chi connectivity index (χ3n) is 16.8. The minimum atomic E-state index is -5.04. The van der Waals surface area contributed by atoms with Crippen LogP contribution < -0.4 is 68.8 Å². The molecule has 109 heavy (non-hydrogen) atoms. The number of phenolic OH excluding ortho intramolecular Hbond substituents is 1. The maximum absolute atomic E-state index is 14.9. The molecule has 2 aromatic rings. The van der Waals surface area contributed by atoms with Crippen molar-refractivity contribution in [3.8, 4) is 11.5 Å². The van der Waals surface area contributed by atoms with Gasteiger partial charge >= 0.3 is 46.2 Å². The number of nitrogens with two attached hydrogens (primary N) is 2. The Kier molecular flexibility index (Phi) is 37.4. The van der Waals surface area contributed by atoms with Crippen molar-refractivity contribution < 1.29 is 139 Å². The van der Waals surface area contributed by atoms with Gasteiger partial charge in [-0.25, -0.2) is 4.79 Å². The van der Waals surface area contributed by atoms with E-state index in [1.807, 2.05) is 0 Å². The summed E-state index contributed by atoms with van der Waals surface area (Å²) in [5.41, 5.74) is 10.9. The molecule has 0 spiro atoms. The SMILES string of the molecule is CC[C@H](C)[C@H](NC(=O)[C@H](CCC(=O)O)NC(=O)[C@H](CCC(=O)O)NC(=O)[C@H](Cc1ccc(O)cc1)NC(=O)[C@H](CC(=O)O)NC(=O)CN)C(=O)N1CCC[C@H]1C(=O)N[C@@H](CCC(=O)O)C(=O)N[C@@H](CCC(=O)O)C(=O)N[C@@H](Cc1ccc(OS(=O)(=O)O)cc1)C(=O)N[C@@H](CC(C)C)C(=O)N[C@@H](CCC(N)=O)C(=O)O. The van der Waals surface area contributed by atoms with Gasteiger partial charge in [0.15, 0.2) is 0 Å². The third kappa shape index (κ3) is 33.4. The van der Waals surface area contributed by atoms with E-state index in [9.17, 15) is 135 Å². The van der Waals surface area contributed by atoms with E-state index in [-0.39, 0.29) is 49.1 Å². The number of likely N-dealkylation sites (tertiary alicyclic amines) is 1. The van der Waals surface area contributed by atoms with Crippen LogP contribution >= 0.6 is 0 Å². The van der Waals surface area contributed by atoms with E-state index < -0.39 is 291 Å². The van der Waals surface area contributed by atoms with Crippen LogP contribution in [-0.2, 0) is 110 Å². The Morgan fingerprint density at radius 3 is 1.27 bits per heavy atom. The summed E-state index contributed by atoms with van der Waals surface area (Å²) in [7, 11) is -5.04. The quantitative estimate of drug-likeness (QED) is 0.0278. The van der Waals surface area contributed by atoms with Crippen molar-refractivity contribution in [1.82, 2.24) is 58.1 Å². The summed E-state index contributed by atoms with van der Waals surface area (Å²) in [6.07, 6.45) is -9.57. The van der Waals surface area contributed by atoms with Gasteiger partial charge in [-0.1, -0.05) is 58.4 Å². The highest BCUT2D eigenvalue weighted by atomic mass is 32.3. The second-order valence-corrected chi connectivity index (χ2v) is 26.9. The number of hydrogen-bond donors (Lipinski definition) is 20. The molecule has 0 aliphatic carbocycles. The van der Waals surface area contributed by atoms with E-state index >= 15 is 0 Å². The number of carbonyl (C=O) groups excluding carboxylic acids is 12. The van der Waals surface area contributed by atoms with Gasteiger partial charge in [0.25, 0.3) is 0 Å². The van der Waals surface area contributed by atoms with Gasteiger partial charge in [0.2, 0.25) is 70.9 Å². The Hall–Kier alpha value is -11.6. The molecule has 0 aromatic heterocycles. The smallest absolute Gasteiger partial charge is 0.446 e. The fraction of sp³-hybridized carbons (Fsp3) is 0.545. The molecule has 12 atom stereocenters. The zero-order valence-corrected chi connectivity index (χ0v) is 60.5. The number of nitrogens with one attached hydrogen (secondary N) is 10. The number of aliphatic carboxylic acids is 6. The fourth-order valence-electron chi connectivity index (χ4n) is 10.9. The van der Waals surface area contributed by atoms with Crippen LogP contribution in [0.2, 0.25) is 0 Å². The van der Waals surface area contributed by atoms with Gasteiger partial charge < -0.3 is 109 Å². The van der Waals surface area contributed by atoms with E-state index in [1.165, 1.54) is 43.3 Å². The molecular formula is C66H93N13O29S. The number of nitrogens with zero attached hydrogens (tertiary/aromatic N) is 1. The lowest BCUT2D eigenvalue weighted by Gasteiger charge is -2.33. The van der Waals surface area contributed by atoms with E-state index in [4.69, 9.17) is 11.5 Å². The number of carbonyl (C=O) groups is 18. The summed E-state index contributed by atoms with van der Waals surface area (Å²) < 4.78 is 36.5. The Morgan fingerprint density at radius 2 is 0.872 bits per heavy atom. The predicted molar refractivity (Wildman–Crippen MR) is 372 cm³/mol. The Balaban J connectivity index is 2.03. The molecule has 3 rings (SSSR count). The molecule has 2 aromatic carbocycles. The zero-order valence-electron chi connectivity index (χ0n) is 59.7. The van der Waals surface area contributed by atoms with Gasteiger partial charge in [0.1, 0.15) is 78.0 Å².